The number of anilines is 2. The number of nitrogens with zero attached hydrogens (tertiary/aromatic N) is 2. The number of carbonyl (C=O) groups excluding carboxylic acids is 2. The lowest BCUT2D eigenvalue weighted by Gasteiger charge is -2.38. The van der Waals surface area contributed by atoms with Crippen LogP contribution in [0.3, 0.4) is 0 Å². The number of benzene rings is 3. The molecule has 0 saturated heterocycles. The summed E-state index contributed by atoms with van der Waals surface area (Å²) >= 11 is 0. The van der Waals surface area contributed by atoms with Crippen LogP contribution in [0.4, 0.5) is 16.2 Å². The van der Waals surface area contributed by atoms with Gasteiger partial charge < -0.3 is 25.0 Å². The van der Waals surface area contributed by atoms with E-state index in [1.54, 1.807) is 49.2 Å². The third kappa shape index (κ3) is 7.17. The number of nitrogens with one attached hydrogen (secondary N) is 2. The van der Waals surface area contributed by atoms with Crippen molar-refractivity contribution in [1.82, 2.24) is 9.80 Å². The number of fused-ring (bicyclic) bond motifs is 1. The second-order valence-electron chi connectivity index (χ2n) is 10.4. The molecule has 3 atom stereocenters. The van der Waals surface area contributed by atoms with Crippen molar-refractivity contribution in [3.05, 3.63) is 83.9 Å². The summed E-state index contributed by atoms with van der Waals surface area (Å²) in [4.78, 5) is 29.7. The topological polar surface area (TPSA) is 128 Å². The first-order valence-corrected chi connectivity index (χ1v) is 14.9. The lowest BCUT2D eigenvalue weighted by Crippen LogP contribution is -2.50. The van der Waals surface area contributed by atoms with Crippen molar-refractivity contribution in [2.75, 3.05) is 36.8 Å². The van der Waals surface area contributed by atoms with Crippen LogP contribution in [-0.2, 0) is 10.0 Å². The van der Waals surface area contributed by atoms with Crippen molar-refractivity contribution < 1.29 is 27.9 Å². The Hall–Kier alpha value is -4.09. The fourth-order valence-electron chi connectivity index (χ4n) is 4.53. The van der Waals surface area contributed by atoms with Crippen LogP contribution in [0, 0.1) is 12.8 Å². The molecule has 0 unspecified atom stereocenters. The van der Waals surface area contributed by atoms with Crippen LogP contribution in [0.15, 0.2) is 77.7 Å². The van der Waals surface area contributed by atoms with Crippen molar-refractivity contribution >= 4 is 33.3 Å². The van der Waals surface area contributed by atoms with E-state index in [4.69, 9.17) is 4.74 Å². The summed E-state index contributed by atoms with van der Waals surface area (Å²) in [7, 11) is -2.24. The molecule has 4 rings (SSSR count). The van der Waals surface area contributed by atoms with Crippen molar-refractivity contribution in [3.63, 3.8) is 0 Å². The number of ether oxygens (including phenoxy) is 1. The molecule has 0 radical (unpaired) electrons. The van der Waals surface area contributed by atoms with E-state index in [1.807, 2.05) is 32.0 Å². The average Bonchev–Trinajstić information content (AvgIpc) is 2.95. The fraction of sp³-hybridized carbons (Fsp3) is 0.333. The van der Waals surface area contributed by atoms with Crippen molar-refractivity contribution in [3.8, 4) is 5.75 Å². The molecule has 1 aliphatic rings. The van der Waals surface area contributed by atoms with Gasteiger partial charge in [-0.15, -0.1) is 0 Å². The van der Waals surface area contributed by atoms with Gasteiger partial charge >= 0.3 is 6.03 Å². The Balaban J connectivity index is 1.62. The van der Waals surface area contributed by atoms with Crippen LogP contribution < -0.4 is 14.8 Å². The van der Waals surface area contributed by atoms with Gasteiger partial charge in [0.05, 0.1) is 29.7 Å². The lowest BCUT2D eigenvalue weighted by atomic mass is 9.99. The molecule has 1 aliphatic heterocycles. The molecule has 3 N–H and O–H groups in total. The Morgan fingerprint density at radius 1 is 1.10 bits per heavy atom. The second-order valence-corrected chi connectivity index (χ2v) is 12.1. The molecule has 0 aromatic heterocycles. The Bertz CT molecular complexity index is 1480. The molecule has 1 heterocycles. The van der Waals surface area contributed by atoms with Crippen LogP contribution >= 0.6 is 0 Å². The van der Waals surface area contributed by atoms with E-state index in [2.05, 4.69) is 10.0 Å². The number of rotatable bonds is 8. The number of para-hydroxylation sites is 1. The number of aliphatic hydroxyl groups is 1. The molecule has 0 saturated carbocycles. The van der Waals surface area contributed by atoms with Gasteiger partial charge in [-0.25, -0.2) is 13.2 Å². The number of carbonyl (C=O) groups is 2. The zero-order chi connectivity index (χ0) is 29.7. The number of aryl methyl sites for hydroxylation is 1. The summed E-state index contributed by atoms with van der Waals surface area (Å²) in [6, 6.07) is 19.3. The number of aliphatic hydroxyl groups excluding tert-OH is 1. The highest BCUT2D eigenvalue weighted by atomic mass is 32.2. The number of hydrogen-bond donors (Lipinski definition) is 3. The monoisotopic (exact) mass is 580 g/mol. The Morgan fingerprint density at radius 2 is 1.78 bits per heavy atom. The molecule has 3 aromatic rings. The van der Waals surface area contributed by atoms with Crippen LogP contribution in [0.2, 0.25) is 0 Å². The number of hydrogen-bond acceptors (Lipinski definition) is 6. The third-order valence-electron chi connectivity index (χ3n) is 7.07. The highest BCUT2D eigenvalue weighted by molar-refractivity contribution is 7.92. The summed E-state index contributed by atoms with van der Waals surface area (Å²) in [5.41, 5.74) is 1.94. The maximum Gasteiger partial charge on any atom is 0.321 e. The molecular formula is C30H36N4O6S. The zero-order valence-corrected chi connectivity index (χ0v) is 24.4. The Kier molecular flexibility index (Phi) is 9.19. The average molecular weight is 581 g/mol. The van der Waals surface area contributed by atoms with Gasteiger partial charge in [-0.1, -0.05) is 42.8 Å². The maximum absolute atomic E-state index is 13.7. The molecular weight excluding hydrogens is 544 g/mol. The fourth-order valence-corrected chi connectivity index (χ4v) is 5.58. The molecule has 0 spiro atoms. The summed E-state index contributed by atoms with van der Waals surface area (Å²) < 4.78 is 34.9. The van der Waals surface area contributed by atoms with Gasteiger partial charge in [0.1, 0.15) is 11.9 Å². The summed E-state index contributed by atoms with van der Waals surface area (Å²) in [5.74, 6) is -0.331. The summed E-state index contributed by atoms with van der Waals surface area (Å²) in [6.45, 7) is 5.76. The Labute approximate surface area is 241 Å². The summed E-state index contributed by atoms with van der Waals surface area (Å²) in [5, 5.41) is 12.8. The van der Waals surface area contributed by atoms with Crippen LogP contribution in [0.5, 0.6) is 5.75 Å². The molecule has 0 aliphatic carbocycles. The number of urea groups is 1. The molecule has 11 heteroatoms. The van der Waals surface area contributed by atoms with Gasteiger partial charge in [-0.2, -0.15) is 0 Å². The highest BCUT2D eigenvalue weighted by Gasteiger charge is 2.34. The Morgan fingerprint density at radius 3 is 2.44 bits per heavy atom. The molecule has 41 heavy (non-hydrogen) atoms. The van der Waals surface area contributed by atoms with Crippen LogP contribution in [-0.4, -0.2) is 74.2 Å². The van der Waals surface area contributed by atoms with E-state index in [1.165, 1.54) is 29.2 Å². The van der Waals surface area contributed by atoms with Gasteiger partial charge in [0.25, 0.3) is 15.9 Å². The largest absolute Gasteiger partial charge is 0.487 e. The minimum Gasteiger partial charge on any atom is -0.487 e. The normalized spacial score (nSPS) is 17.9. The lowest BCUT2D eigenvalue weighted by molar-refractivity contribution is 0.0371. The number of likely N-dealkylation sites (N-methyl/N-ethyl adjacent to an activating group) is 1. The van der Waals surface area contributed by atoms with Gasteiger partial charge in [0, 0.05) is 30.9 Å². The zero-order valence-electron chi connectivity index (χ0n) is 23.6. The van der Waals surface area contributed by atoms with Gasteiger partial charge in [-0.3, -0.25) is 9.52 Å². The van der Waals surface area contributed by atoms with E-state index in [0.29, 0.717) is 5.69 Å². The minimum atomic E-state index is -3.90. The molecule has 3 amide bonds. The van der Waals surface area contributed by atoms with E-state index in [0.717, 1.165) is 5.56 Å². The van der Waals surface area contributed by atoms with E-state index in [9.17, 15) is 23.1 Å². The van der Waals surface area contributed by atoms with Gasteiger partial charge in [0.15, 0.2) is 0 Å². The minimum absolute atomic E-state index is 0.0960. The highest BCUT2D eigenvalue weighted by Crippen LogP contribution is 2.31. The molecule has 0 fully saturated rings. The molecule has 10 nitrogen and oxygen atoms in total. The SMILES string of the molecule is Cc1ccc(S(=O)(=O)Nc2ccc3c(c2)C(=O)N([C@H](C)CO)C[C@H](C)[C@@H](CN(C)C(=O)Nc2ccccc2)O3)cc1. The van der Waals surface area contributed by atoms with Crippen LogP contribution in [0.1, 0.15) is 29.8 Å². The summed E-state index contributed by atoms with van der Waals surface area (Å²) in [6.07, 6.45) is -0.503. The van der Waals surface area contributed by atoms with Crippen molar-refractivity contribution in [1.29, 1.82) is 0 Å². The van der Waals surface area contributed by atoms with Gasteiger partial charge in [0.2, 0.25) is 0 Å². The van der Waals surface area contributed by atoms with E-state index < -0.39 is 28.1 Å². The first kappa shape index (κ1) is 29.9. The van der Waals surface area contributed by atoms with E-state index in [-0.39, 0.29) is 53.5 Å². The molecule has 3 aromatic carbocycles. The maximum atomic E-state index is 13.7. The second kappa shape index (κ2) is 12.6. The first-order valence-electron chi connectivity index (χ1n) is 13.4. The van der Waals surface area contributed by atoms with Gasteiger partial charge in [-0.05, 0) is 56.3 Å². The van der Waals surface area contributed by atoms with Crippen molar-refractivity contribution in [2.45, 2.75) is 37.8 Å². The smallest absolute Gasteiger partial charge is 0.321 e. The first-order chi connectivity index (χ1) is 19.5. The molecule has 0 bridgehead atoms. The number of sulfonamides is 1. The standard InChI is InChI=1S/C30H36N4O6S/c1-20-10-13-25(14-11-20)41(38,39)32-24-12-15-27-26(16-24)29(36)34(22(3)19-35)17-21(2)28(40-27)18-33(4)30(37)31-23-8-6-5-7-9-23/h5-16,21-22,28,32,35H,17-19H2,1-4H3,(H,31,37)/t21-,22+,28+/m0/s1. The van der Waals surface area contributed by atoms with Crippen molar-refractivity contribution in [2.24, 2.45) is 5.92 Å². The van der Waals surface area contributed by atoms with E-state index >= 15 is 0 Å². The number of amides is 3. The quantitative estimate of drug-likeness (QED) is 0.367. The predicted molar refractivity (Wildman–Crippen MR) is 158 cm³/mol. The predicted octanol–water partition coefficient (Wildman–Crippen LogP) is 4.18. The molecule has 218 valence electrons. The van der Waals surface area contributed by atoms with Crippen LogP contribution in [0.25, 0.3) is 0 Å². The third-order valence-corrected chi connectivity index (χ3v) is 8.47.